The van der Waals surface area contributed by atoms with Crippen LogP contribution in [0.4, 0.5) is 0 Å². The number of methoxy groups -OCH3 is 1. The van der Waals surface area contributed by atoms with Gasteiger partial charge in [-0.15, -0.1) is 11.3 Å². The Bertz CT molecular complexity index is 1180. The fraction of sp³-hybridized carbons (Fsp3) is 0.455. The van der Waals surface area contributed by atoms with Gasteiger partial charge in [-0.25, -0.2) is 4.79 Å². The van der Waals surface area contributed by atoms with Crippen molar-refractivity contribution in [2.75, 3.05) is 13.7 Å². The van der Waals surface area contributed by atoms with Crippen LogP contribution in [0.3, 0.4) is 0 Å². The first-order valence-corrected chi connectivity index (χ1v) is 11.1. The lowest BCUT2D eigenvalue weighted by Crippen LogP contribution is -2.37. The summed E-state index contributed by atoms with van der Waals surface area (Å²) in [6.45, 7) is 3.29. The molecule has 152 valence electrons. The zero-order valence-corrected chi connectivity index (χ0v) is 17.5. The van der Waals surface area contributed by atoms with E-state index in [0.29, 0.717) is 28.6 Å². The first-order chi connectivity index (χ1) is 14.1. The molecule has 3 heterocycles. The van der Waals surface area contributed by atoms with E-state index in [9.17, 15) is 9.59 Å². The molecule has 5 rings (SSSR count). The predicted molar refractivity (Wildman–Crippen MR) is 115 cm³/mol. The van der Waals surface area contributed by atoms with Gasteiger partial charge in [0.2, 0.25) is 0 Å². The van der Waals surface area contributed by atoms with E-state index in [-0.39, 0.29) is 17.3 Å². The van der Waals surface area contributed by atoms with Crippen molar-refractivity contribution in [1.82, 2.24) is 14.9 Å². The summed E-state index contributed by atoms with van der Waals surface area (Å²) in [5, 5.41) is 5.58. The number of aromatic amines is 1. The monoisotopic (exact) mass is 411 g/mol. The number of ether oxygens (including phenoxy) is 1. The van der Waals surface area contributed by atoms with E-state index in [1.807, 2.05) is 18.4 Å². The minimum Gasteiger partial charge on any atom is -0.496 e. The Morgan fingerprint density at radius 2 is 2.17 bits per heavy atom. The van der Waals surface area contributed by atoms with E-state index >= 15 is 0 Å². The molecule has 7 heteroatoms. The molecule has 2 aliphatic rings. The lowest BCUT2D eigenvalue weighted by Gasteiger charge is -2.32. The SMILES string of the molecule is COc1cccc2c1[C@@H]1C(CCn3c(=O)[nH]c4c(C)csc4c3=O)NC[C@@H]1CC2. The van der Waals surface area contributed by atoms with E-state index in [1.54, 1.807) is 7.11 Å². The van der Waals surface area contributed by atoms with Crippen LogP contribution in [0.25, 0.3) is 10.2 Å². The molecule has 1 aromatic carbocycles. The summed E-state index contributed by atoms with van der Waals surface area (Å²) in [7, 11) is 1.73. The van der Waals surface area contributed by atoms with Gasteiger partial charge in [0.1, 0.15) is 10.4 Å². The Kier molecular flexibility index (Phi) is 4.59. The first-order valence-electron chi connectivity index (χ1n) is 10.2. The second-order valence-electron chi connectivity index (χ2n) is 8.17. The van der Waals surface area contributed by atoms with Crippen molar-refractivity contribution in [3.05, 3.63) is 61.1 Å². The largest absolute Gasteiger partial charge is 0.496 e. The fourth-order valence-corrected chi connectivity index (χ4v) is 6.16. The highest BCUT2D eigenvalue weighted by Crippen LogP contribution is 2.46. The summed E-state index contributed by atoms with van der Waals surface area (Å²) >= 11 is 1.40. The molecule has 1 aliphatic carbocycles. The quantitative estimate of drug-likeness (QED) is 0.692. The lowest BCUT2D eigenvalue weighted by atomic mass is 9.73. The molecule has 3 aromatic rings. The number of aromatic nitrogens is 2. The Morgan fingerprint density at radius 3 is 3.00 bits per heavy atom. The van der Waals surface area contributed by atoms with Crippen molar-refractivity contribution in [2.45, 2.75) is 44.7 Å². The second-order valence-corrected chi connectivity index (χ2v) is 9.05. The van der Waals surface area contributed by atoms with Crippen LogP contribution in [0.5, 0.6) is 5.75 Å². The Labute approximate surface area is 172 Å². The molecule has 29 heavy (non-hydrogen) atoms. The van der Waals surface area contributed by atoms with Gasteiger partial charge in [0.15, 0.2) is 0 Å². The van der Waals surface area contributed by atoms with E-state index in [1.165, 1.54) is 27.0 Å². The molecular formula is C22H25N3O3S. The molecule has 1 saturated heterocycles. The van der Waals surface area contributed by atoms with Crippen LogP contribution in [0, 0.1) is 12.8 Å². The number of hydrogen-bond donors (Lipinski definition) is 2. The molecule has 0 amide bonds. The average molecular weight is 412 g/mol. The Morgan fingerprint density at radius 1 is 1.31 bits per heavy atom. The van der Waals surface area contributed by atoms with Gasteiger partial charge in [0, 0.05) is 24.1 Å². The van der Waals surface area contributed by atoms with Gasteiger partial charge in [-0.05, 0) is 61.2 Å². The van der Waals surface area contributed by atoms with Gasteiger partial charge in [-0.1, -0.05) is 12.1 Å². The van der Waals surface area contributed by atoms with Gasteiger partial charge >= 0.3 is 5.69 Å². The van der Waals surface area contributed by atoms with E-state index in [2.05, 4.69) is 22.4 Å². The highest BCUT2D eigenvalue weighted by atomic mass is 32.1. The van der Waals surface area contributed by atoms with Crippen LogP contribution in [-0.2, 0) is 13.0 Å². The minimum atomic E-state index is -0.319. The third kappa shape index (κ3) is 2.95. The fourth-order valence-electron chi connectivity index (χ4n) is 5.21. The first kappa shape index (κ1) is 18.6. The number of rotatable bonds is 4. The number of thiophene rings is 1. The summed E-state index contributed by atoms with van der Waals surface area (Å²) in [6, 6.07) is 6.53. The zero-order chi connectivity index (χ0) is 20.1. The van der Waals surface area contributed by atoms with Crippen LogP contribution >= 0.6 is 11.3 Å². The third-order valence-electron chi connectivity index (χ3n) is 6.63. The van der Waals surface area contributed by atoms with Gasteiger partial charge in [0.25, 0.3) is 5.56 Å². The Hall–Kier alpha value is -2.38. The Balaban J connectivity index is 1.46. The van der Waals surface area contributed by atoms with Gasteiger partial charge in [0.05, 0.1) is 12.6 Å². The van der Waals surface area contributed by atoms with Crippen molar-refractivity contribution in [1.29, 1.82) is 0 Å². The van der Waals surface area contributed by atoms with Crippen molar-refractivity contribution in [3.8, 4) is 5.75 Å². The van der Waals surface area contributed by atoms with E-state index in [4.69, 9.17) is 4.74 Å². The van der Waals surface area contributed by atoms with Crippen LogP contribution in [0.2, 0.25) is 0 Å². The molecule has 2 aromatic heterocycles. The highest BCUT2D eigenvalue weighted by molar-refractivity contribution is 7.17. The number of aryl methyl sites for hydroxylation is 2. The minimum absolute atomic E-state index is 0.182. The number of nitrogens with one attached hydrogen (secondary N) is 2. The van der Waals surface area contributed by atoms with E-state index in [0.717, 1.165) is 37.1 Å². The molecule has 0 spiro atoms. The summed E-state index contributed by atoms with van der Waals surface area (Å²) in [5.74, 6) is 1.88. The van der Waals surface area contributed by atoms with Crippen molar-refractivity contribution in [2.24, 2.45) is 5.92 Å². The number of fused-ring (bicyclic) bond motifs is 4. The van der Waals surface area contributed by atoms with Crippen LogP contribution in [0.1, 0.15) is 35.4 Å². The standard InChI is InChI=1S/C22H25N3O3S/c1-12-11-29-20-19(12)24-22(27)25(21(20)26)9-8-15-17-14(10-23-15)7-6-13-4-3-5-16(28-2)18(13)17/h3-5,11,14-15,17,23H,6-10H2,1-2H3,(H,24,27)/t14-,15?,17-/m0/s1. The molecular weight excluding hydrogens is 386 g/mol. The van der Waals surface area contributed by atoms with Gasteiger partial charge in [-0.3, -0.25) is 9.36 Å². The zero-order valence-electron chi connectivity index (χ0n) is 16.7. The highest BCUT2D eigenvalue weighted by Gasteiger charge is 2.41. The summed E-state index contributed by atoms with van der Waals surface area (Å²) in [4.78, 5) is 28.3. The normalized spacial score (nSPS) is 23.2. The van der Waals surface area contributed by atoms with Crippen LogP contribution in [-0.4, -0.2) is 29.2 Å². The molecule has 3 atom stereocenters. The number of hydrogen-bond acceptors (Lipinski definition) is 5. The molecule has 6 nitrogen and oxygen atoms in total. The molecule has 0 saturated carbocycles. The molecule has 1 aliphatic heterocycles. The lowest BCUT2D eigenvalue weighted by molar-refractivity contribution is 0.358. The second kappa shape index (κ2) is 7.15. The van der Waals surface area contributed by atoms with Crippen LogP contribution in [0.15, 0.2) is 33.2 Å². The predicted octanol–water partition coefficient (Wildman–Crippen LogP) is 2.78. The summed E-state index contributed by atoms with van der Waals surface area (Å²) < 4.78 is 7.67. The average Bonchev–Trinajstić information content (AvgIpc) is 3.31. The van der Waals surface area contributed by atoms with E-state index < -0.39 is 0 Å². The number of benzene rings is 1. The van der Waals surface area contributed by atoms with Crippen LogP contribution < -0.4 is 21.3 Å². The van der Waals surface area contributed by atoms with Gasteiger partial charge in [-0.2, -0.15) is 0 Å². The van der Waals surface area contributed by atoms with Crippen molar-refractivity contribution in [3.63, 3.8) is 0 Å². The maximum atomic E-state index is 12.9. The number of nitrogens with zero attached hydrogens (tertiary/aromatic N) is 1. The number of H-pyrrole nitrogens is 1. The maximum Gasteiger partial charge on any atom is 0.328 e. The molecule has 0 radical (unpaired) electrons. The van der Waals surface area contributed by atoms with Gasteiger partial charge < -0.3 is 15.0 Å². The summed E-state index contributed by atoms with van der Waals surface area (Å²) in [5.41, 5.74) is 3.79. The topological polar surface area (TPSA) is 76.1 Å². The van der Waals surface area contributed by atoms with Crippen molar-refractivity contribution < 1.29 is 4.74 Å². The summed E-state index contributed by atoms with van der Waals surface area (Å²) in [6.07, 6.45) is 2.97. The molecule has 2 N–H and O–H groups in total. The smallest absolute Gasteiger partial charge is 0.328 e. The molecule has 1 fully saturated rings. The third-order valence-corrected chi connectivity index (χ3v) is 7.72. The maximum absolute atomic E-state index is 12.9. The van der Waals surface area contributed by atoms with Crippen molar-refractivity contribution >= 4 is 21.6 Å². The molecule has 0 bridgehead atoms. The molecule has 1 unspecified atom stereocenters.